The van der Waals surface area contributed by atoms with Gasteiger partial charge < -0.3 is 54.3 Å². The standard InChI is InChI=1S/C22H27NO6.C22H27NO5/c1-3-14(25)20(26)28-15-6-7-22(27)16-10-12-4-5-13(11-24)18-17(12)21(22,19(15)29-18)8-9-23(16)2;1-12(2)20(25)27-15-6-7-22(26)16-10-13-4-5-14(11-24)18-17(13)21(22,19(15)28-18)8-9-23(16)3/h4-6,14,16,19,24-25,27H,3,7-11H2,1-2H3;4-6,12,16,19,24,26H,7-11H2,1-3H3/t14-,16+,19?,21?,22+;16-,19?,21?,22-/m01/s1. The van der Waals surface area contributed by atoms with Crippen LogP contribution in [-0.2, 0) is 55.9 Å². The lowest BCUT2D eigenvalue weighted by Crippen LogP contribution is -2.74. The van der Waals surface area contributed by atoms with Gasteiger partial charge in [-0.1, -0.05) is 45.0 Å². The molecule has 2 spiro atoms. The first-order valence-corrected chi connectivity index (χ1v) is 20.4. The number of nitrogens with zero attached hydrogens (tertiary/aromatic N) is 2. The van der Waals surface area contributed by atoms with Crippen molar-refractivity contribution < 1.29 is 54.1 Å². The fraction of sp³-hybridized carbons (Fsp3) is 0.591. The minimum Gasteiger partial charge on any atom is -0.481 e. The van der Waals surface area contributed by atoms with Gasteiger partial charge in [0.05, 0.1) is 41.2 Å². The molecule has 4 aliphatic carbocycles. The van der Waals surface area contributed by atoms with Crippen molar-refractivity contribution >= 4 is 11.9 Å². The van der Waals surface area contributed by atoms with Gasteiger partial charge in [-0.15, -0.1) is 0 Å². The van der Waals surface area contributed by atoms with Gasteiger partial charge in [-0.25, -0.2) is 4.79 Å². The van der Waals surface area contributed by atoms with Gasteiger partial charge in [0.1, 0.15) is 23.0 Å². The first-order chi connectivity index (χ1) is 27.2. The number of ether oxygens (including phenoxy) is 4. The molecule has 0 amide bonds. The second-order valence-electron chi connectivity index (χ2n) is 17.7. The minimum atomic E-state index is -1.20. The van der Waals surface area contributed by atoms with Crippen molar-refractivity contribution in [1.29, 1.82) is 0 Å². The second kappa shape index (κ2) is 13.4. The Balaban J connectivity index is 0.000000148. The molecule has 0 aromatic heterocycles. The molecule has 2 fully saturated rings. The zero-order chi connectivity index (χ0) is 40.4. The molecule has 4 aliphatic heterocycles. The van der Waals surface area contributed by atoms with E-state index in [0.717, 1.165) is 47.3 Å². The second-order valence-corrected chi connectivity index (χ2v) is 17.7. The lowest BCUT2D eigenvalue weighted by Gasteiger charge is -2.61. The molecule has 13 nitrogen and oxygen atoms in total. The molecular weight excluding hydrogens is 732 g/mol. The van der Waals surface area contributed by atoms with Gasteiger partial charge in [-0.2, -0.15) is 0 Å². The molecule has 9 atom stereocenters. The molecule has 5 N–H and O–H groups in total. The highest BCUT2D eigenvalue weighted by atomic mass is 16.6. The van der Waals surface area contributed by atoms with E-state index < -0.39 is 46.3 Å². The van der Waals surface area contributed by atoms with Crippen LogP contribution in [0.25, 0.3) is 0 Å². The van der Waals surface area contributed by atoms with Crippen molar-refractivity contribution in [2.45, 2.75) is 131 Å². The minimum absolute atomic E-state index is 0.0237. The summed E-state index contributed by atoms with van der Waals surface area (Å²) < 4.78 is 24.1. The van der Waals surface area contributed by atoms with E-state index in [1.165, 1.54) is 0 Å². The van der Waals surface area contributed by atoms with Gasteiger partial charge in [-0.05, 0) is 82.6 Å². The molecule has 0 saturated carbocycles. The van der Waals surface area contributed by atoms with Crippen LogP contribution in [0.5, 0.6) is 11.5 Å². The number of likely N-dealkylation sites (tertiary alicyclic amines) is 2. The van der Waals surface area contributed by atoms with Crippen LogP contribution in [0.2, 0.25) is 0 Å². The third-order valence-electron chi connectivity index (χ3n) is 14.8. The van der Waals surface area contributed by atoms with Crippen LogP contribution in [-0.4, -0.2) is 116 Å². The number of piperidine rings is 2. The molecule has 13 heteroatoms. The van der Waals surface area contributed by atoms with E-state index in [-0.39, 0.29) is 43.6 Å². The number of hydrogen-bond donors (Lipinski definition) is 5. The quantitative estimate of drug-likeness (QED) is 0.259. The summed E-state index contributed by atoms with van der Waals surface area (Å²) in [5, 5.41) is 53.7. The smallest absolute Gasteiger partial charge is 0.340 e. The molecule has 4 unspecified atom stereocenters. The summed E-state index contributed by atoms with van der Waals surface area (Å²) in [6.07, 6.45) is 5.02. The van der Waals surface area contributed by atoms with Crippen molar-refractivity contribution in [3.8, 4) is 11.5 Å². The van der Waals surface area contributed by atoms with Crippen LogP contribution < -0.4 is 9.47 Å². The number of esters is 2. The molecule has 2 aromatic carbocycles. The van der Waals surface area contributed by atoms with Gasteiger partial charge in [0.25, 0.3) is 0 Å². The Bertz CT molecular complexity index is 2100. The number of hydrogen-bond acceptors (Lipinski definition) is 13. The summed E-state index contributed by atoms with van der Waals surface area (Å²) in [5.41, 5.74) is 2.19. The monoisotopic (exact) mass is 786 g/mol. The summed E-state index contributed by atoms with van der Waals surface area (Å²) in [6, 6.07) is 7.76. The van der Waals surface area contributed by atoms with Crippen molar-refractivity contribution in [2.75, 3.05) is 27.2 Å². The highest BCUT2D eigenvalue weighted by molar-refractivity contribution is 5.76. The van der Waals surface area contributed by atoms with Crippen molar-refractivity contribution in [2.24, 2.45) is 5.92 Å². The Kier molecular flexibility index (Phi) is 9.06. The van der Waals surface area contributed by atoms with Crippen molar-refractivity contribution in [1.82, 2.24) is 9.80 Å². The van der Waals surface area contributed by atoms with Crippen LogP contribution >= 0.6 is 0 Å². The lowest BCUT2D eigenvalue weighted by molar-refractivity contribution is -0.172. The molecular formula is C44H54N2O11. The molecule has 2 saturated heterocycles. The summed E-state index contributed by atoms with van der Waals surface area (Å²) in [7, 11) is 4.09. The number of carbonyl (C=O) groups is 2. The SMILES string of the molecule is CC(C)C(=O)OC1=CC[C@@]2(O)[C@H]3Cc4ccc(CO)c5c4C2(CCN3C)C1O5.CC[C@H](O)C(=O)OC1=CC[C@@]2(O)[C@H]3Cc4ccc(CO)c5c4C2(CCN3C)C1O5. The zero-order valence-corrected chi connectivity index (χ0v) is 33.3. The van der Waals surface area contributed by atoms with Crippen LogP contribution in [0.15, 0.2) is 47.9 Å². The van der Waals surface area contributed by atoms with E-state index in [1.54, 1.807) is 26.8 Å². The van der Waals surface area contributed by atoms with Gasteiger partial charge in [0.15, 0.2) is 18.3 Å². The van der Waals surface area contributed by atoms with Crippen LogP contribution in [0, 0.1) is 5.92 Å². The molecule has 2 aromatic rings. The van der Waals surface area contributed by atoms with E-state index in [9.17, 15) is 35.1 Å². The van der Waals surface area contributed by atoms with Crippen molar-refractivity contribution in [3.05, 3.63) is 81.3 Å². The lowest BCUT2D eigenvalue weighted by atomic mass is 9.50. The summed E-state index contributed by atoms with van der Waals surface area (Å²) in [6.45, 7) is 6.65. The first kappa shape index (κ1) is 38.7. The normalized spacial score (nSPS) is 35.4. The Labute approximate surface area is 332 Å². The molecule has 57 heavy (non-hydrogen) atoms. The Morgan fingerprint density at radius 2 is 1.21 bits per heavy atom. The maximum Gasteiger partial charge on any atom is 0.340 e. The number of aliphatic hydroxyl groups is 5. The van der Waals surface area contributed by atoms with E-state index in [0.29, 0.717) is 60.7 Å². The largest absolute Gasteiger partial charge is 0.481 e. The van der Waals surface area contributed by atoms with Gasteiger partial charge >= 0.3 is 11.9 Å². The zero-order valence-electron chi connectivity index (χ0n) is 33.3. The third kappa shape index (κ3) is 5.00. The number of rotatable bonds is 7. The highest BCUT2D eigenvalue weighted by Crippen LogP contribution is 2.66. The highest BCUT2D eigenvalue weighted by Gasteiger charge is 2.73. The van der Waals surface area contributed by atoms with Gasteiger partial charge in [0.2, 0.25) is 0 Å². The Morgan fingerprint density at radius 1 is 0.772 bits per heavy atom. The maximum atomic E-state index is 12.3. The van der Waals surface area contributed by atoms with Crippen molar-refractivity contribution in [3.63, 3.8) is 0 Å². The number of aliphatic hydroxyl groups excluding tert-OH is 3. The fourth-order valence-corrected chi connectivity index (χ4v) is 11.8. The fourth-order valence-electron chi connectivity index (χ4n) is 11.8. The molecule has 306 valence electrons. The molecule has 4 bridgehead atoms. The average molecular weight is 787 g/mol. The van der Waals surface area contributed by atoms with Gasteiger partial charge in [-0.3, -0.25) is 4.79 Å². The summed E-state index contributed by atoms with van der Waals surface area (Å²) >= 11 is 0. The third-order valence-corrected chi connectivity index (χ3v) is 14.8. The Hall–Kier alpha value is -3.82. The van der Waals surface area contributed by atoms with Crippen LogP contribution in [0.1, 0.15) is 86.3 Å². The van der Waals surface area contributed by atoms with E-state index in [1.807, 2.05) is 31.3 Å². The van der Waals surface area contributed by atoms with E-state index in [4.69, 9.17) is 18.9 Å². The maximum absolute atomic E-state index is 12.3. The first-order valence-electron chi connectivity index (χ1n) is 20.4. The number of likely N-dealkylation sites (N-methyl/N-ethyl adjacent to an activating group) is 2. The molecule has 10 rings (SSSR count). The predicted molar refractivity (Wildman–Crippen MR) is 205 cm³/mol. The summed E-state index contributed by atoms with van der Waals surface area (Å²) in [4.78, 5) is 29.1. The average Bonchev–Trinajstić information content (AvgIpc) is 3.74. The topological polar surface area (TPSA) is 179 Å². The van der Waals surface area contributed by atoms with E-state index >= 15 is 0 Å². The molecule has 4 heterocycles. The predicted octanol–water partition coefficient (Wildman–Crippen LogP) is 2.43. The molecule has 0 radical (unpaired) electrons. The van der Waals surface area contributed by atoms with E-state index in [2.05, 4.69) is 22.9 Å². The molecule has 8 aliphatic rings. The number of benzene rings is 2. The van der Waals surface area contributed by atoms with Crippen LogP contribution in [0.3, 0.4) is 0 Å². The van der Waals surface area contributed by atoms with Gasteiger partial charge in [0, 0.05) is 47.2 Å². The van der Waals surface area contributed by atoms with Crippen LogP contribution in [0.4, 0.5) is 0 Å². The summed E-state index contributed by atoms with van der Waals surface area (Å²) in [5.74, 6) is 0.876. The number of carbonyl (C=O) groups excluding carboxylic acids is 2. The Morgan fingerprint density at radius 3 is 1.61 bits per heavy atom.